The predicted molar refractivity (Wildman–Crippen MR) is 51.1 cm³/mol. The van der Waals surface area contributed by atoms with Gasteiger partial charge >= 0.3 is 58.2 Å². The number of fused-ring (bicyclic) bond motifs is 1. The van der Waals surface area contributed by atoms with E-state index < -0.39 is 0 Å². The Bertz CT molecular complexity index is 354. The summed E-state index contributed by atoms with van der Waals surface area (Å²) in [7, 11) is 0. The first-order chi connectivity index (χ1) is 5.86. The van der Waals surface area contributed by atoms with Gasteiger partial charge < -0.3 is 10.2 Å². The molecule has 1 aromatic heterocycles. The van der Waals surface area contributed by atoms with Gasteiger partial charge in [-0.05, 0) is 12.3 Å². The van der Waals surface area contributed by atoms with Crippen LogP contribution in [0.3, 0.4) is 0 Å². The molecule has 3 heteroatoms. The van der Waals surface area contributed by atoms with E-state index in [1.807, 2.05) is 26.0 Å². The smallest absolute Gasteiger partial charge is 0.575 e. The van der Waals surface area contributed by atoms with Crippen LogP contribution in [-0.4, -0.2) is 5.10 Å². The number of nitrogens with zero attached hydrogens (tertiary/aromatic N) is 2. The molecule has 1 aromatic carbocycles. The van der Waals surface area contributed by atoms with Crippen molar-refractivity contribution in [3.8, 4) is 0 Å². The third kappa shape index (κ3) is 3.62. The molecule has 0 saturated heterocycles. The van der Waals surface area contributed by atoms with Crippen LogP contribution in [0.25, 0.3) is 10.9 Å². The molecule has 0 atom stereocenters. The number of aromatic nitrogens is 2. The second-order valence-corrected chi connectivity index (χ2v) is 2.41. The van der Waals surface area contributed by atoms with E-state index in [1.165, 1.54) is 5.56 Å². The minimum absolute atomic E-state index is 0. The summed E-state index contributed by atoms with van der Waals surface area (Å²) in [5.41, 5.74) is 2.23. The molecule has 0 unspecified atom stereocenters. The molecule has 64 valence electrons. The molecule has 0 bridgehead atoms. The molecule has 0 aliphatic heterocycles. The fourth-order valence-corrected chi connectivity index (χ4v) is 1.02. The second-order valence-electron chi connectivity index (χ2n) is 2.41. The first-order valence-electron chi connectivity index (χ1n) is 4.21. The summed E-state index contributed by atoms with van der Waals surface area (Å²) in [4.78, 5) is 0. The van der Waals surface area contributed by atoms with Gasteiger partial charge in [-0.15, -0.1) is 5.52 Å². The zero-order valence-electron chi connectivity index (χ0n) is 8.70. The van der Waals surface area contributed by atoms with Gasteiger partial charge in [0.15, 0.2) is 0 Å². The van der Waals surface area contributed by atoms with Crippen molar-refractivity contribution >= 4 is 10.9 Å². The molecular weight excluding hydrogens is 234 g/mol. The van der Waals surface area contributed by atoms with Gasteiger partial charge in [-0.1, -0.05) is 37.6 Å². The van der Waals surface area contributed by atoms with Crippen LogP contribution in [0.5, 0.6) is 0 Å². The Hall–Kier alpha value is 0.495. The largest absolute Gasteiger partial charge is 1.00 e. The molecule has 2 rings (SSSR count). The summed E-state index contributed by atoms with van der Waals surface area (Å²) in [5, 5.41) is 8.83. The van der Waals surface area contributed by atoms with Crippen LogP contribution in [0, 0.1) is 6.92 Å². The SMILES string of the molecule is CC.Cc1ccc2[n-]ncc2c1.[Rb+]. The predicted octanol–water partition coefficient (Wildman–Crippen LogP) is -0.469. The van der Waals surface area contributed by atoms with E-state index in [-0.39, 0.29) is 58.2 Å². The topological polar surface area (TPSA) is 27.0 Å². The number of hydrogen-bond donors (Lipinski definition) is 0. The average Bonchev–Trinajstić information content (AvgIpc) is 2.54. The van der Waals surface area contributed by atoms with Crippen molar-refractivity contribution in [2.45, 2.75) is 20.8 Å². The maximum absolute atomic E-state index is 3.91. The molecule has 0 aliphatic rings. The normalized spacial score (nSPS) is 8.54. The van der Waals surface area contributed by atoms with E-state index in [0.717, 1.165) is 10.9 Å². The second kappa shape index (κ2) is 6.88. The van der Waals surface area contributed by atoms with Gasteiger partial charge in [-0.3, -0.25) is 0 Å². The summed E-state index contributed by atoms with van der Waals surface area (Å²) < 4.78 is 0. The fourth-order valence-electron chi connectivity index (χ4n) is 1.02. The van der Waals surface area contributed by atoms with Crippen LogP contribution in [0.15, 0.2) is 24.4 Å². The number of benzene rings is 1. The maximum Gasteiger partial charge on any atom is 1.00 e. The molecule has 0 radical (unpaired) electrons. The third-order valence-electron chi connectivity index (χ3n) is 1.55. The Kier molecular flexibility index (Phi) is 7.14. The molecule has 13 heavy (non-hydrogen) atoms. The van der Waals surface area contributed by atoms with Gasteiger partial charge in [0.05, 0.1) is 0 Å². The van der Waals surface area contributed by atoms with Crippen molar-refractivity contribution in [2.75, 3.05) is 0 Å². The van der Waals surface area contributed by atoms with Crippen LogP contribution >= 0.6 is 0 Å². The first kappa shape index (κ1) is 13.5. The van der Waals surface area contributed by atoms with E-state index in [2.05, 4.69) is 23.2 Å². The van der Waals surface area contributed by atoms with Gasteiger partial charge in [-0.25, -0.2) is 0 Å². The van der Waals surface area contributed by atoms with Crippen molar-refractivity contribution < 1.29 is 58.2 Å². The Balaban J connectivity index is 0.000000451. The monoisotopic (exact) mass is 246 g/mol. The number of hydrogen-bond acceptors (Lipinski definition) is 1. The van der Waals surface area contributed by atoms with Crippen LogP contribution in [0.2, 0.25) is 0 Å². The Morgan fingerprint density at radius 1 is 1.23 bits per heavy atom. The van der Waals surface area contributed by atoms with E-state index in [4.69, 9.17) is 0 Å². The molecule has 0 amide bonds. The molecule has 0 fully saturated rings. The first-order valence-corrected chi connectivity index (χ1v) is 4.21. The van der Waals surface area contributed by atoms with E-state index in [1.54, 1.807) is 6.20 Å². The summed E-state index contributed by atoms with van der Waals surface area (Å²) in [6, 6.07) is 6.10. The molecule has 0 aliphatic carbocycles. The maximum atomic E-state index is 3.91. The van der Waals surface area contributed by atoms with E-state index in [0.29, 0.717) is 0 Å². The summed E-state index contributed by atoms with van der Waals surface area (Å²) in [6.07, 6.45) is 1.78. The zero-order chi connectivity index (χ0) is 8.97. The molecule has 2 nitrogen and oxygen atoms in total. The standard InChI is InChI=1S/C8H7N2.C2H6.Rb/c1-6-2-3-8-7(4-6)5-9-10-8;1-2;/h2-5H,1H3;1-2H3;/q-1;;+1. The van der Waals surface area contributed by atoms with Gasteiger partial charge in [0.1, 0.15) is 0 Å². The van der Waals surface area contributed by atoms with Crippen LogP contribution in [0.1, 0.15) is 19.4 Å². The van der Waals surface area contributed by atoms with E-state index in [9.17, 15) is 0 Å². The average molecular weight is 247 g/mol. The zero-order valence-corrected chi connectivity index (χ0v) is 13.6. The molecule has 0 spiro atoms. The van der Waals surface area contributed by atoms with Crippen LogP contribution in [0.4, 0.5) is 0 Å². The van der Waals surface area contributed by atoms with Gasteiger partial charge in [0.2, 0.25) is 0 Å². The van der Waals surface area contributed by atoms with Gasteiger partial charge in [0, 0.05) is 6.20 Å². The fraction of sp³-hybridized carbons (Fsp3) is 0.300. The molecular formula is C10H13N2Rb. The van der Waals surface area contributed by atoms with Crippen molar-refractivity contribution in [1.29, 1.82) is 0 Å². The van der Waals surface area contributed by atoms with Crippen LogP contribution < -0.4 is 63.3 Å². The van der Waals surface area contributed by atoms with Gasteiger partial charge in [-0.2, -0.15) is 0 Å². The number of rotatable bonds is 0. The summed E-state index contributed by atoms with van der Waals surface area (Å²) in [5.74, 6) is 0. The van der Waals surface area contributed by atoms with Gasteiger partial charge in [0.25, 0.3) is 0 Å². The Morgan fingerprint density at radius 3 is 2.62 bits per heavy atom. The van der Waals surface area contributed by atoms with Crippen molar-refractivity contribution in [3.63, 3.8) is 0 Å². The Morgan fingerprint density at radius 2 is 1.92 bits per heavy atom. The number of aryl methyl sites for hydroxylation is 1. The van der Waals surface area contributed by atoms with E-state index >= 15 is 0 Å². The van der Waals surface area contributed by atoms with Crippen molar-refractivity contribution in [1.82, 2.24) is 10.2 Å². The molecule has 0 N–H and O–H groups in total. The molecule has 2 aromatic rings. The van der Waals surface area contributed by atoms with Crippen LogP contribution in [-0.2, 0) is 0 Å². The summed E-state index contributed by atoms with van der Waals surface area (Å²) >= 11 is 0. The molecule has 0 saturated carbocycles. The third-order valence-corrected chi connectivity index (χ3v) is 1.55. The summed E-state index contributed by atoms with van der Waals surface area (Å²) in [6.45, 7) is 6.06. The minimum Gasteiger partial charge on any atom is -0.575 e. The quantitative estimate of drug-likeness (QED) is 0.629. The Labute approximate surface area is 128 Å². The van der Waals surface area contributed by atoms with Crippen molar-refractivity contribution in [2.24, 2.45) is 0 Å². The minimum atomic E-state index is 0. The molecule has 1 heterocycles. The van der Waals surface area contributed by atoms with Crippen molar-refractivity contribution in [3.05, 3.63) is 30.0 Å².